The number of ether oxygens (including phenoxy) is 2. The molecule has 0 saturated heterocycles. The molecule has 0 unspecified atom stereocenters. The molecule has 3 heteroatoms. The second kappa shape index (κ2) is 5.92. The Bertz CT molecular complexity index is 333. The van der Waals surface area contributed by atoms with Gasteiger partial charge < -0.3 is 15.2 Å². The summed E-state index contributed by atoms with van der Waals surface area (Å²) in [5, 5.41) is 0. The normalized spacial score (nSPS) is 11.4. The third-order valence-corrected chi connectivity index (χ3v) is 2.53. The average Bonchev–Trinajstić information content (AvgIpc) is 2.26. The Hall–Kier alpha value is -1.22. The molecule has 0 aliphatic rings. The Balaban J connectivity index is 2.64. The average molecular weight is 237 g/mol. The molecule has 2 N–H and O–H groups in total. The maximum absolute atomic E-state index is 5.73. The lowest BCUT2D eigenvalue weighted by Crippen LogP contribution is -2.11. The van der Waals surface area contributed by atoms with Gasteiger partial charge in [0.25, 0.3) is 0 Å². The van der Waals surface area contributed by atoms with Gasteiger partial charge in [-0.15, -0.1) is 0 Å². The van der Waals surface area contributed by atoms with Crippen LogP contribution in [0.25, 0.3) is 0 Å². The predicted molar refractivity (Wildman–Crippen MR) is 70.5 cm³/mol. The highest BCUT2D eigenvalue weighted by Gasteiger charge is 2.10. The first kappa shape index (κ1) is 13.8. The molecule has 0 aromatic heterocycles. The molecule has 1 aromatic carbocycles. The van der Waals surface area contributed by atoms with Crippen molar-refractivity contribution >= 4 is 0 Å². The van der Waals surface area contributed by atoms with Crippen molar-refractivity contribution in [1.29, 1.82) is 0 Å². The van der Waals surface area contributed by atoms with Crippen molar-refractivity contribution < 1.29 is 9.47 Å². The summed E-state index contributed by atoms with van der Waals surface area (Å²) in [4.78, 5) is 0. The zero-order valence-corrected chi connectivity index (χ0v) is 11.2. The van der Waals surface area contributed by atoms with E-state index < -0.39 is 0 Å². The highest BCUT2D eigenvalue weighted by atomic mass is 16.5. The maximum atomic E-state index is 5.73. The quantitative estimate of drug-likeness (QED) is 0.856. The summed E-state index contributed by atoms with van der Waals surface area (Å²) in [6.07, 6.45) is 1.02. The molecule has 3 nitrogen and oxygen atoms in total. The fourth-order valence-electron chi connectivity index (χ4n) is 1.42. The lowest BCUT2D eigenvalue weighted by atomic mass is 9.93. The SMILES string of the molecule is COc1cc(CN)cc(OCCC(C)(C)C)c1. The number of rotatable bonds is 5. The van der Waals surface area contributed by atoms with E-state index in [1.807, 2.05) is 18.2 Å². The highest BCUT2D eigenvalue weighted by Crippen LogP contribution is 2.24. The molecule has 96 valence electrons. The van der Waals surface area contributed by atoms with Crippen molar-refractivity contribution in [1.82, 2.24) is 0 Å². The first-order valence-corrected chi connectivity index (χ1v) is 5.95. The molecule has 17 heavy (non-hydrogen) atoms. The van der Waals surface area contributed by atoms with E-state index in [2.05, 4.69) is 20.8 Å². The van der Waals surface area contributed by atoms with Crippen molar-refractivity contribution in [2.75, 3.05) is 13.7 Å². The minimum absolute atomic E-state index is 0.287. The minimum Gasteiger partial charge on any atom is -0.497 e. The molecule has 0 aliphatic carbocycles. The predicted octanol–water partition coefficient (Wildman–Crippen LogP) is 2.97. The van der Waals surface area contributed by atoms with Gasteiger partial charge in [0.2, 0.25) is 0 Å². The smallest absolute Gasteiger partial charge is 0.123 e. The number of methoxy groups -OCH3 is 1. The zero-order chi connectivity index (χ0) is 12.9. The third kappa shape index (κ3) is 5.09. The molecule has 0 heterocycles. The van der Waals surface area contributed by atoms with Gasteiger partial charge in [-0.1, -0.05) is 20.8 Å². The maximum Gasteiger partial charge on any atom is 0.123 e. The van der Waals surface area contributed by atoms with E-state index in [1.165, 1.54) is 0 Å². The number of nitrogens with two attached hydrogens (primary N) is 1. The van der Waals surface area contributed by atoms with Gasteiger partial charge in [0.15, 0.2) is 0 Å². The van der Waals surface area contributed by atoms with Gasteiger partial charge in [-0.3, -0.25) is 0 Å². The third-order valence-electron chi connectivity index (χ3n) is 2.53. The van der Waals surface area contributed by atoms with Gasteiger partial charge in [-0.05, 0) is 29.5 Å². The Morgan fingerprint density at radius 3 is 2.29 bits per heavy atom. The summed E-state index contributed by atoms with van der Waals surface area (Å²) < 4.78 is 10.9. The lowest BCUT2D eigenvalue weighted by Gasteiger charge is -2.18. The molecule has 1 rings (SSSR count). The van der Waals surface area contributed by atoms with Gasteiger partial charge in [0.05, 0.1) is 13.7 Å². The van der Waals surface area contributed by atoms with Crippen LogP contribution in [0.4, 0.5) is 0 Å². The Kier molecular flexibility index (Phi) is 4.82. The van der Waals surface area contributed by atoms with Gasteiger partial charge in [-0.2, -0.15) is 0 Å². The van der Waals surface area contributed by atoms with Crippen LogP contribution in [0.5, 0.6) is 11.5 Å². The minimum atomic E-state index is 0.287. The second-order valence-electron chi connectivity index (χ2n) is 5.38. The Labute approximate surface area is 104 Å². The molecule has 0 radical (unpaired) electrons. The van der Waals surface area contributed by atoms with Crippen LogP contribution in [0.2, 0.25) is 0 Å². The van der Waals surface area contributed by atoms with E-state index in [0.717, 1.165) is 23.5 Å². The van der Waals surface area contributed by atoms with Crippen molar-refractivity contribution in [3.63, 3.8) is 0 Å². The molecule has 0 saturated carbocycles. The number of hydrogen-bond acceptors (Lipinski definition) is 3. The van der Waals surface area contributed by atoms with Crippen LogP contribution in [0.15, 0.2) is 18.2 Å². The molecular weight excluding hydrogens is 214 g/mol. The Morgan fingerprint density at radius 2 is 1.76 bits per heavy atom. The monoisotopic (exact) mass is 237 g/mol. The van der Waals surface area contributed by atoms with E-state index in [1.54, 1.807) is 7.11 Å². The van der Waals surface area contributed by atoms with Crippen molar-refractivity contribution in [2.45, 2.75) is 33.7 Å². The van der Waals surface area contributed by atoms with E-state index >= 15 is 0 Å². The fraction of sp³-hybridized carbons (Fsp3) is 0.571. The van der Waals surface area contributed by atoms with Crippen LogP contribution in [0.3, 0.4) is 0 Å². The fourth-order valence-corrected chi connectivity index (χ4v) is 1.42. The molecule has 0 atom stereocenters. The van der Waals surface area contributed by atoms with Crippen LogP contribution in [-0.4, -0.2) is 13.7 Å². The molecule has 0 aliphatic heterocycles. The van der Waals surface area contributed by atoms with E-state index in [4.69, 9.17) is 15.2 Å². The second-order valence-corrected chi connectivity index (χ2v) is 5.38. The Morgan fingerprint density at radius 1 is 1.12 bits per heavy atom. The molecule has 1 aromatic rings. The molecule has 0 fully saturated rings. The standard InChI is InChI=1S/C14H23NO2/c1-14(2,3)5-6-17-13-8-11(10-15)7-12(9-13)16-4/h7-9H,5-6,10,15H2,1-4H3. The summed E-state index contributed by atoms with van der Waals surface area (Å²) in [5.74, 6) is 1.62. The molecule has 0 spiro atoms. The van der Waals surface area contributed by atoms with Crippen molar-refractivity contribution in [3.8, 4) is 11.5 Å². The summed E-state index contributed by atoms with van der Waals surface area (Å²) in [6, 6.07) is 5.78. The van der Waals surface area contributed by atoms with Crippen LogP contribution >= 0.6 is 0 Å². The zero-order valence-electron chi connectivity index (χ0n) is 11.2. The van der Waals surface area contributed by atoms with E-state index in [9.17, 15) is 0 Å². The van der Waals surface area contributed by atoms with Crippen LogP contribution in [0, 0.1) is 5.41 Å². The molecular formula is C14H23NO2. The summed E-state index contributed by atoms with van der Waals surface area (Å²) in [5.41, 5.74) is 6.94. The largest absolute Gasteiger partial charge is 0.497 e. The summed E-state index contributed by atoms with van der Waals surface area (Å²) in [6.45, 7) is 7.81. The van der Waals surface area contributed by atoms with Gasteiger partial charge in [-0.25, -0.2) is 0 Å². The van der Waals surface area contributed by atoms with Gasteiger partial charge in [0.1, 0.15) is 11.5 Å². The van der Waals surface area contributed by atoms with Crippen LogP contribution in [0.1, 0.15) is 32.8 Å². The summed E-state index contributed by atoms with van der Waals surface area (Å²) in [7, 11) is 1.65. The first-order chi connectivity index (χ1) is 7.94. The van der Waals surface area contributed by atoms with Crippen molar-refractivity contribution in [3.05, 3.63) is 23.8 Å². The summed E-state index contributed by atoms with van der Waals surface area (Å²) >= 11 is 0. The molecule has 0 amide bonds. The molecule has 0 bridgehead atoms. The lowest BCUT2D eigenvalue weighted by molar-refractivity contribution is 0.242. The first-order valence-electron chi connectivity index (χ1n) is 5.95. The van der Waals surface area contributed by atoms with Gasteiger partial charge >= 0.3 is 0 Å². The van der Waals surface area contributed by atoms with Gasteiger partial charge in [0, 0.05) is 12.6 Å². The number of benzene rings is 1. The van der Waals surface area contributed by atoms with E-state index in [0.29, 0.717) is 13.2 Å². The highest BCUT2D eigenvalue weighted by molar-refractivity contribution is 5.38. The van der Waals surface area contributed by atoms with Crippen LogP contribution in [-0.2, 0) is 6.54 Å². The number of hydrogen-bond donors (Lipinski definition) is 1. The van der Waals surface area contributed by atoms with Crippen LogP contribution < -0.4 is 15.2 Å². The van der Waals surface area contributed by atoms with Crippen molar-refractivity contribution in [2.24, 2.45) is 11.1 Å². The van der Waals surface area contributed by atoms with E-state index in [-0.39, 0.29) is 5.41 Å². The topological polar surface area (TPSA) is 44.5 Å².